The molecule has 0 saturated heterocycles. The Morgan fingerprint density at radius 2 is 1.47 bits per heavy atom. The van der Waals surface area contributed by atoms with Gasteiger partial charge in [-0.05, 0) is 34.9 Å². The van der Waals surface area contributed by atoms with E-state index in [0.29, 0.717) is 17.6 Å². The first-order valence-electron chi connectivity index (χ1n) is 5.64. The van der Waals surface area contributed by atoms with Gasteiger partial charge in [0.1, 0.15) is 5.75 Å². The van der Waals surface area contributed by atoms with Gasteiger partial charge >= 0.3 is 0 Å². The number of phenolic OH excluding ortho intramolecular Hbond substituents is 1. The lowest BCUT2D eigenvalue weighted by atomic mass is 9.69. The van der Waals surface area contributed by atoms with Crippen LogP contribution in [-0.4, -0.2) is 5.11 Å². The molecule has 0 aromatic heterocycles. The molecule has 1 rings (SSSR count). The molecule has 0 radical (unpaired) electrons. The zero-order chi connectivity index (χ0) is 11.6. The number of hydrogen-bond acceptors (Lipinski definition) is 1. The Bertz CT molecular complexity index is 309. The summed E-state index contributed by atoms with van der Waals surface area (Å²) in [4.78, 5) is 0. The van der Waals surface area contributed by atoms with Crippen molar-refractivity contribution < 1.29 is 5.11 Å². The first kappa shape index (κ1) is 12.1. The molecule has 0 aliphatic rings. The maximum atomic E-state index is 9.25. The zero-order valence-electron chi connectivity index (χ0n) is 10.4. The first-order valence-corrected chi connectivity index (χ1v) is 5.64. The molecule has 1 nitrogen and oxygen atoms in total. The Kier molecular flexibility index (Phi) is 3.43. The minimum absolute atomic E-state index is 0.275. The molecule has 0 spiro atoms. The van der Waals surface area contributed by atoms with Gasteiger partial charge in [-0.1, -0.05) is 46.8 Å². The van der Waals surface area contributed by atoms with E-state index in [9.17, 15) is 5.11 Å². The highest BCUT2D eigenvalue weighted by molar-refractivity contribution is 5.29. The number of hydrogen-bond donors (Lipinski definition) is 1. The SMILES string of the molecule is CC(C)C(C)(C)C(C)c1ccc(O)cc1. The maximum absolute atomic E-state index is 9.25. The Balaban J connectivity index is 2.94. The van der Waals surface area contributed by atoms with Gasteiger partial charge in [-0.15, -0.1) is 0 Å². The predicted molar refractivity (Wildman–Crippen MR) is 65.1 cm³/mol. The number of phenols is 1. The third-order valence-electron chi connectivity index (χ3n) is 4.00. The minimum Gasteiger partial charge on any atom is -0.508 e. The summed E-state index contributed by atoms with van der Waals surface area (Å²) in [6, 6.07) is 7.57. The monoisotopic (exact) mass is 206 g/mol. The average molecular weight is 206 g/mol. The molecular weight excluding hydrogens is 184 g/mol. The van der Waals surface area contributed by atoms with Crippen molar-refractivity contribution in [3.05, 3.63) is 29.8 Å². The second-order valence-corrected chi connectivity index (χ2v) is 5.29. The van der Waals surface area contributed by atoms with E-state index in [1.807, 2.05) is 12.1 Å². The molecule has 0 heterocycles. The predicted octanol–water partition coefficient (Wildman–Crippen LogP) is 4.18. The van der Waals surface area contributed by atoms with Crippen LogP contribution < -0.4 is 0 Å². The lowest BCUT2D eigenvalue weighted by Gasteiger charge is -2.36. The molecule has 0 aliphatic heterocycles. The largest absolute Gasteiger partial charge is 0.508 e. The lowest BCUT2D eigenvalue weighted by molar-refractivity contribution is 0.203. The molecule has 0 saturated carbocycles. The van der Waals surface area contributed by atoms with Crippen molar-refractivity contribution in [1.29, 1.82) is 0 Å². The molecule has 1 unspecified atom stereocenters. The molecule has 0 aliphatic carbocycles. The van der Waals surface area contributed by atoms with Crippen molar-refractivity contribution in [3.8, 4) is 5.75 Å². The molecule has 1 heteroatoms. The Labute approximate surface area is 93.1 Å². The number of benzene rings is 1. The van der Waals surface area contributed by atoms with Gasteiger partial charge in [0.15, 0.2) is 0 Å². The summed E-state index contributed by atoms with van der Waals surface area (Å²) in [5, 5.41) is 9.25. The molecule has 1 aromatic carbocycles. The van der Waals surface area contributed by atoms with Crippen LogP contribution in [0.25, 0.3) is 0 Å². The standard InChI is InChI=1S/C14H22O/c1-10(2)14(4,5)11(3)12-6-8-13(15)9-7-12/h6-11,15H,1-5H3. The summed E-state index contributed by atoms with van der Waals surface area (Å²) in [6.07, 6.45) is 0. The Morgan fingerprint density at radius 1 is 1.00 bits per heavy atom. The fraction of sp³-hybridized carbons (Fsp3) is 0.571. The van der Waals surface area contributed by atoms with Crippen LogP contribution in [0.15, 0.2) is 24.3 Å². The second-order valence-electron chi connectivity index (χ2n) is 5.29. The minimum atomic E-state index is 0.275. The molecule has 1 aromatic rings. The van der Waals surface area contributed by atoms with Crippen LogP contribution in [0.4, 0.5) is 0 Å². The summed E-state index contributed by atoms with van der Waals surface area (Å²) < 4.78 is 0. The van der Waals surface area contributed by atoms with E-state index < -0.39 is 0 Å². The van der Waals surface area contributed by atoms with Crippen molar-refractivity contribution in [2.75, 3.05) is 0 Å². The van der Waals surface area contributed by atoms with Gasteiger partial charge in [0.25, 0.3) is 0 Å². The van der Waals surface area contributed by atoms with Crippen LogP contribution >= 0.6 is 0 Å². The van der Waals surface area contributed by atoms with Gasteiger partial charge in [0.2, 0.25) is 0 Å². The normalized spacial score (nSPS) is 14.3. The summed E-state index contributed by atoms with van der Waals surface area (Å²) >= 11 is 0. The van der Waals surface area contributed by atoms with E-state index in [0.717, 1.165) is 0 Å². The van der Waals surface area contributed by atoms with Crippen molar-refractivity contribution in [2.45, 2.75) is 40.5 Å². The van der Waals surface area contributed by atoms with Crippen LogP contribution in [0.3, 0.4) is 0 Å². The third-order valence-corrected chi connectivity index (χ3v) is 4.00. The highest BCUT2D eigenvalue weighted by Gasteiger charge is 2.30. The van der Waals surface area contributed by atoms with Crippen LogP contribution in [-0.2, 0) is 0 Å². The van der Waals surface area contributed by atoms with Crippen LogP contribution in [0.5, 0.6) is 5.75 Å². The van der Waals surface area contributed by atoms with Crippen LogP contribution in [0.2, 0.25) is 0 Å². The van der Waals surface area contributed by atoms with Crippen molar-refractivity contribution in [1.82, 2.24) is 0 Å². The van der Waals surface area contributed by atoms with Crippen molar-refractivity contribution >= 4 is 0 Å². The fourth-order valence-corrected chi connectivity index (χ4v) is 1.69. The van der Waals surface area contributed by atoms with E-state index in [4.69, 9.17) is 0 Å². The molecular formula is C14H22O. The van der Waals surface area contributed by atoms with E-state index in [-0.39, 0.29) is 5.41 Å². The van der Waals surface area contributed by atoms with E-state index in [1.54, 1.807) is 12.1 Å². The topological polar surface area (TPSA) is 20.2 Å². The average Bonchev–Trinajstić information content (AvgIpc) is 2.17. The van der Waals surface area contributed by atoms with Gasteiger partial charge in [-0.25, -0.2) is 0 Å². The fourth-order valence-electron chi connectivity index (χ4n) is 1.69. The molecule has 0 bridgehead atoms. The first-order chi connectivity index (χ1) is 6.85. The molecule has 0 fully saturated rings. The summed E-state index contributed by atoms with van der Waals surface area (Å²) in [5.74, 6) is 1.48. The smallest absolute Gasteiger partial charge is 0.115 e. The Hall–Kier alpha value is -0.980. The molecule has 1 N–H and O–H groups in total. The zero-order valence-corrected chi connectivity index (χ0v) is 10.4. The van der Waals surface area contributed by atoms with Crippen molar-refractivity contribution in [2.24, 2.45) is 11.3 Å². The quantitative estimate of drug-likeness (QED) is 0.786. The lowest BCUT2D eigenvalue weighted by Crippen LogP contribution is -2.26. The van der Waals surface area contributed by atoms with Gasteiger partial charge in [-0.2, -0.15) is 0 Å². The maximum Gasteiger partial charge on any atom is 0.115 e. The van der Waals surface area contributed by atoms with Crippen LogP contribution in [0, 0.1) is 11.3 Å². The number of rotatable bonds is 3. The molecule has 1 atom stereocenters. The highest BCUT2D eigenvalue weighted by Crippen LogP contribution is 2.41. The Morgan fingerprint density at radius 3 is 1.87 bits per heavy atom. The second kappa shape index (κ2) is 4.26. The molecule has 15 heavy (non-hydrogen) atoms. The summed E-state index contributed by atoms with van der Waals surface area (Å²) in [6.45, 7) is 11.4. The van der Waals surface area contributed by atoms with E-state index >= 15 is 0 Å². The number of aromatic hydroxyl groups is 1. The van der Waals surface area contributed by atoms with Gasteiger partial charge in [0, 0.05) is 0 Å². The third kappa shape index (κ3) is 2.53. The van der Waals surface area contributed by atoms with Crippen LogP contribution in [0.1, 0.15) is 46.1 Å². The van der Waals surface area contributed by atoms with Gasteiger partial charge in [-0.3, -0.25) is 0 Å². The summed E-state index contributed by atoms with van der Waals surface area (Å²) in [5.41, 5.74) is 1.57. The van der Waals surface area contributed by atoms with E-state index in [1.165, 1.54) is 5.56 Å². The van der Waals surface area contributed by atoms with Gasteiger partial charge < -0.3 is 5.11 Å². The highest BCUT2D eigenvalue weighted by atomic mass is 16.3. The van der Waals surface area contributed by atoms with Crippen molar-refractivity contribution in [3.63, 3.8) is 0 Å². The van der Waals surface area contributed by atoms with E-state index in [2.05, 4.69) is 34.6 Å². The molecule has 0 amide bonds. The van der Waals surface area contributed by atoms with Gasteiger partial charge in [0.05, 0.1) is 0 Å². The summed E-state index contributed by atoms with van der Waals surface area (Å²) in [7, 11) is 0. The molecule has 84 valence electrons.